The maximum absolute atomic E-state index is 12.1. The second-order valence-corrected chi connectivity index (χ2v) is 2.82. The van der Waals surface area contributed by atoms with Gasteiger partial charge in [0.15, 0.2) is 0 Å². The van der Waals surface area contributed by atoms with E-state index in [1.165, 1.54) is 0 Å². The lowest BCUT2D eigenvalue weighted by molar-refractivity contribution is -0.151. The van der Waals surface area contributed by atoms with Gasteiger partial charge in [-0.1, -0.05) is 0 Å². The Labute approximate surface area is 98.4 Å². The largest absolute Gasteiger partial charge is 0.474 e. The van der Waals surface area contributed by atoms with E-state index in [1.807, 2.05) is 0 Å². The van der Waals surface area contributed by atoms with Crippen LogP contribution in [0, 0.1) is 0 Å². The Morgan fingerprint density at radius 2 is 1.29 bits per heavy atom. The fourth-order valence-electron chi connectivity index (χ4n) is 0.886. The summed E-state index contributed by atoms with van der Waals surface area (Å²) in [7, 11) is 0. The third kappa shape index (κ3) is 5.64. The van der Waals surface area contributed by atoms with Gasteiger partial charge in [0.05, 0.1) is 5.56 Å². The first-order valence-corrected chi connectivity index (χ1v) is 3.96. The Hall–Kier alpha value is -1.15. The number of anilines is 1. The summed E-state index contributed by atoms with van der Waals surface area (Å²) in [4.78, 5) is 0. The summed E-state index contributed by atoms with van der Waals surface area (Å²) in [6.45, 7) is 0. The third-order valence-electron chi connectivity index (χ3n) is 1.56. The molecule has 0 aliphatic carbocycles. The van der Waals surface area contributed by atoms with Crippen LogP contribution in [0.4, 0.5) is 32.0 Å². The zero-order chi connectivity index (χ0) is 12.4. The van der Waals surface area contributed by atoms with Crippen molar-refractivity contribution in [1.82, 2.24) is 5.43 Å². The highest BCUT2D eigenvalue weighted by molar-refractivity contribution is 5.85. The fraction of sp³-hybridized carbons (Fsp3) is 0.250. The van der Waals surface area contributed by atoms with Gasteiger partial charge in [-0.2, -0.15) is 26.3 Å². The molecule has 0 saturated carbocycles. The minimum absolute atomic E-state index is 0. The van der Waals surface area contributed by atoms with Gasteiger partial charge in [0.1, 0.15) is 0 Å². The lowest BCUT2D eigenvalue weighted by Crippen LogP contribution is -2.36. The van der Waals surface area contributed by atoms with Gasteiger partial charge in [0.25, 0.3) is 0 Å². The number of halogens is 7. The van der Waals surface area contributed by atoms with Gasteiger partial charge in [-0.25, -0.2) is 0 Å². The summed E-state index contributed by atoms with van der Waals surface area (Å²) in [5, 5.41) is 0. The molecule has 0 bridgehead atoms. The zero-order valence-electron chi connectivity index (χ0n) is 7.99. The first kappa shape index (κ1) is 15.9. The number of rotatable bonds is 2. The first-order valence-electron chi connectivity index (χ1n) is 3.96. The van der Waals surface area contributed by atoms with Crippen LogP contribution in [0.15, 0.2) is 24.3 Å². The lowest BCUT2D eigenvalue weighted by atomic mass is 10.2. The molecule has 0 aliphatic heterocycles. The van der Waals surface area contributed by atoms with Gasteiger partial charge < -0.3 is 5.43 Å². The molecule has 0 heterocycles. The molecule has 0 radical (unpaired) electrons. The first-order chi connectivity index (χ1) is 7.18. The summed E-state index contributed by atoms with van der Waals surface area (Å²) >= 11 is 0. The molecule has 0 amide bonds. The van der Waals surface area contributed by atoms with Crippen molar-refractivity contribution in [3.8, 4) is 0 Å². The molecule has 0 saturated heterocycles. The molecule has 2 N–H and O–H groups in total. The van der Waals surface area contributed by atoms with Crippen LogP contribution in [0.2, 0.25) is 0 Å². The van der Waals surface area contributed by atoms with E-state index < -0.39 is 18.0 Å². The Morgan fingerprint density at radius 3 is 1.65 bits per heavy atom. The van der Waals surface area contributed by atoms with E-state index in [2.05, 4.69) is 0 Å². The number of nitrogens with one attached hydrogen (secondary N) is 2. The van der Waals surface area contributed by atoms with E-state index in [0.717, 1.165) is 17.6 Å². The smallest absolute Gasteiger partial charge is 0.314 e. The summed E-state index contributed by atoms with van der Waals surface area (Å²) in [5.41, 5.74) is 1.64. The van der Waals surface area contributed by atoms with E-state index in [1.54, 1.807) is 5.43 Å². The van der Waals surface area contributed by atoms with Crippen molar-refractivity contribution in [3.05, 3.63) is 29.8 Å². The van der Waals surface area contributed by atoms with Crippen LogP contribution in [-0.4, -0.2) is 6.30 Å². The molecule has 0 fully saturated rings. The Kier molecular flexibility index (Phi) is 5.09. The van der Waals surface area contributed by atoms with Crippen molar-refractivity contribution >= 4 is 18.1 Å². The minimum Gasteiger partial charge on any atom is -0.314 e. The molecule has 1 rings (SSSR count). The third-order valence-corrected chi connectivity index (χ3v) is 1.56. The van der Waals surface area contributed by atoms with Crippen molar-refractivity contribution in [2.45, 2.75) is 12.5 Å². The molecule has 1 aromatic carbocycles. The number of benzene rings is 1. The van der Waals surface area contributed by atoms with E-state index in [0.29, 0.717) is 12.1 Å². The molecule has 1 aromatic rings. The highest BCUT2D eigenvalue weighted by atomic mass is 35.5. The van der Waals surface area contributed by atoms with Gasteiger partial charge in [-0.15, -0.1) is 17.8 Å². The van der Waals surface area contributed by atoms with Crippen molar-refractivity contribution in [3.63, 3.8) is 0 Å². The van der Waals surface area contributed by atoms with E-state index in [-0.39, 0.29) is 18.1 Å². The molecule has 0 aromatic heterocycles. The standard InChI is InChI=1S/C8H6F6N2.ClH/c9-7(10,11)5-1-3-6(4-2-5)15-16-8(12,13)14;/h1-4,15-16H;1H. The fourth-order valence-corrected chi connectivity index (χ4v) is 0.886. The number of hydrogen-bond donors (Lipinski definition) is 2. The van der Waals surface area contributed by atoms with E-state index in [4.69, 9.17) is 0 Å². The average Bonchev–Trinajstić information content (AvgIpc) is 2.13. The van der Waals surface area contributed by atoms with Crippen molar-refractivity contribution in [2.75, 3.05) is 5.43 Å². The molecular formula is C8H7ClF6N2. The van der Waals surface area contributed by atoms with Crippen LogP contribution < -0.4 is 10.9 Å². The molecular weight excluding hydrogens is 274 g/mol. The second-order valence-electron chi connectivity index (χ2n) is 2.82. The number of hydrogen-bond acceptors (Lipinski definition) is 2. The van der Waals surface area contributed by atoms with Gasteiger partial charge >= 0.3 is 12.5 Å². The molecule has 0 spiro atoms. The van der Waals surface area contributed by atoms with Gasteiger partial charge in [-0.05, 0) is 24.3 Å². The predicted octanol–water partition coefficient (Wildman–Crippen LogP) is 3.56. The molecule has 2 nitrogen and oxygen atoms in total. The lowest BCUT2D eigenvalue weighted by Gasteiger charge is -2.12. The number of alkyl halides is 6. The molecule has 9 heteroatoms. The van der Waals surface area contributed by atoms with Crippen LogP contribution in [0.25, 0.3) is 0 Å². The Bertz CT molecular complexity index is 345. The maximum Gasteiger partial charge on any atom is 0.474 e. The maximum atomic E-state index is 12.1. The van der Waals surface area contributed by atoms with Crippen LogP contribution in [0.3, 0.4) is 0 Å². The van der Waals surface area contributed by atoms with Crippen molar-refractivity contribution < 1.29 is 26.3 Å². The summed E-state index contributed by atoms with van der Waals surface area (Å²) in [6.07, 6.45) is -9.15. The van der Waals surface area contributed by atoms with Gasteiger partial charge in [0, 0.05) is 5.69 Å². The van der Waals surface area contributed by atoms with Gasteiger partial charge in [-0.3, -0.25) is 0 Å². The summed E-state index contributed by atoms with van der Waals surface area (Å²) < 4.78 is 71.2. The van der Waals surface area contributed by atoms with Gasteiger partial charge in [0.2, 0.25) is 0 Å². The molecule has 0 atom stereocenters. The highest BCUT2D eigenvalue weighted by Gasteiger charge is 2.30. The van der Waals surface area contributed by atoms with Crippen molar-refractivity contribution in [2.24, 2.45) is 0 Å². The second kappa shape index (κ2) is 5.46. The van der Waals surface area contributed by atoms with Crippen LogP contribution in [-0.2, 0) is 6.18 Å². The number of hydrazine groups is 1. The SMILES string of the molecule is Cl.FC(F)(F)NNc1ccc(C(F)(F)F)cc1. The van der Waals surface area contributed by atoms with Crippen molar-refractivity contribution in [1.29, 1.82) is 0 Å². The Balaban J connectivity index is 0.00000256. The molecule has 0 aliphatic rings. The van der Waals surface area contributed by atoms with Crippen LogP contribution in [0.5, 0.6) is 0 Å². The van der Waals surface area contributed by atoms with E-state index >= 15 is 0 Å². The monoisotopic (exact) mass is 280 g/mol. The quantitative estimate of drug-likeness (QED) is 0.492. The normalized spacial score (nSPS) is 11.9. The topological polar surface area (TPSA) is 24.1 Å². The Morgan fingerprint density at radius 1 is 0.824 bits per heavy atom. The van der Waals surface area contributed by atoms with Crippen LogP contribution in [0.1, 0.15) is 5.56 Å². The summed E-state index contributed by atoms with van der Waals surface area (Å²) in [5.74, 6) is 0. The average molecular weight is 281 g/mol. The highest BCUT2D eigenvalue weighted by Crippen LogP contribution is 2.29. The predicted molar refractivity (Wildman–Crippen MR) is 51.5 cm³/mol. The molecule has 17 heavy (non-hydrogen) atoms. The molecule has 98 valence electrons. The van der Waals surface area contributed by atoms with Crippen LogP contribution >= 0.6 is 12.4 Å². The molecule has 0 unspecified atom stereocenters. The summed E-state index contributed by atoms with van der Waals surface area (Å²) in [6, 6.07) is 3.14. The minimum atomic E-state index is -4.65. The zero-order valence-corrected chi connectivity index (χ0v) is 8.80. The van der Waals surface area contributed by atoms with E-state index in [9.17, 15) is 26.3 Å².